The smallest absolute Gasteiger partial charge is 0.132 e. The van der Waals surface area contributed by atoms with Gasteiger partial charge in [0.15, 0.2) is 0 Å². The molecule has 0 spiro atoms. The number of hydrogen-bond acceptors (Lipinski definition) is 4. The number of rotatable bonds is 4. The van der Waals surface area contributed by atoms with Crippen molar-refractivity contribution in [3.63, 3.8) is 0 Å². The predicted octanol–water partition coefficient (Wildman–Crippen LogP) is 3.96. The molecule has 2 aliphatic rings. The first-order valence-corrected chi connectivity index (χ1v) is 9.34. The summed E-state index contributed by atoms with van der Waals surface area (Å²) in [4.78, 5) is 0. The minimum absolute atomic E-state index is 0.208. The maximum absolute atomic E-state index is 10.7. The zero-order valence-electron chi connectivity index (χ0n) is 15.7. The zero-order valence-corrected chi connectivity index (χ0v) is 15.7. The highest BCUT2D eigenvalue weighted by Crippen LogP contribution is 2.52. The second-order valence-electron chi connectivity index (χ2n) is 8.27. The Morgan fingerprint density at radius 3 is 2.60 bits per heavy atom. The third-order valence-corrected chi connectivity index (χ3v) is 5.62. The number of aliphatic hydroxyl groups is 2. The number of benzene rings is 1. The van der Waals surface area contributed by atoms with E-state index in [2.05, 4.69) is 6.92 Å². The summed E-state index contributed by atoms with van der Waals surface area (Å²) in [6, 6.07) is 3.84. The molecule has 0 saturated carbocycles. The van der Waals surface area contributed by atoms with Gasteiger partial charge in [-0.05, 0) is 62.5 Å². The van der Waals surface area contributed by atoms with E-state index in [4.69, 9.17) is 4.74 Å². The van der Waals surface area contributed by atoms with Gasteiger partial charge in [0.05, 0.1) is 17.3 Å². The quantitative estimate of drug-likeness (QED) is 0.722. The third kappa shape index (κ3) is 3.30. The number of unbranched alkanes of at least 4 members (excludes halogenated alkanes) is 2. The van der Waals surface area contributed by atoms with E-state index < -0.39 is 17.3 Å². The molecule has 1 aliphatic carbocycles. The molecule has 0 bridgehead atoms. The largest absolute Gasteiger partial charge is 0.507 e. The van der Waals surface area contributed by atoms with Crippen molar-refractivity contribution in [3.05, 3.63) is 28.8 Å². The Balaban J connectivity index is 2.05. The van der Waals surface area contributed by atoms with Crippen molar-refractivity contribution in [2.75, 3.05) is 0 Å². The lowest BCUT2D eigenvalue weighted by Gasteiger charge is -2.45. The Bertz CT molecular complexity index is 700. The molecule has 2 atom stereocenters. The van der Waals surface area contributed by atoms with Gasteiger partial charge in [-0.1, -0.05) is 19.8 Å². The maximum Gasteiger partial charge on any atom is 0.132 e. The van der Waals surface area contributed by atoms with Gasteiger partial charge in [0, 0.05) is 12.8 Å². The van der Waals surface area contributed by atoms with Gasteiger partial charge >= 0.3 is 0 Å². The van der Waals surface area contributed by atoms with E-state index in [1.807, 2.05) is 26.0 Å². The topological polar surface area (TPSA) is 69.9 Å². The molecule has 0 radical (unpaired) electrons. The first-order chi connectivity index (χ1) is 11.7. The fourth-order valence-electron chi connectivity index (χ4n) is 4.07. The Morgan fingerprint density at radius 2 is 1.92 bits per heavy atom. The minimum Gasteiger partial charge on any atom is -0.507 e. The Hall–Kier alpha value is -1.52. The molecular formula is C21H30O4. The summed E-state index contributed by atoms with van der Waals surface area (Å²) in [5.74, 6) is 0.890. The normalized spacial score (nSPS) is 27.5. The van der Waals surface area contributed by atoms with Crippen molar-refractivity contribution >= 4 is 5.57 Å². The van der Waals surface area contributed by atoms with Crippen molar-refractivity contribution in [1.82, 2.24) is 0 Å². The number of fused-ring (bicyclic) bond motifs is 2. The van der Waals surface area contributed by atoms with Crippen LogP contribution < -0.4 is 4.74 Å². The summed E-state index contributed by atoms with van der Waals surface area (Å²) in [6.07, 6.45) is 4.17. The van der Waals surface area contributed by atoms with Crippen LogP contribution in [0.5, 0.6) is 11.5 Å². The predicted molar refractivity (Wildman–Crippen MR) is 98.8 cm³/mol. The summed E-state index contributed by atoms with van der Waals surface area (Å²) in [7, 11) is 0. The monoisotopic (exact) mass is 346 g/mol. The molecule has 1 aliphatic heterocycles. The SMILES string of the molecule is CCCCCc1cc(O)c2c(c1)OC(C)(C)C1=C2C[C@@](C)(O)[C@@H](O)C1. The molecule has 0 amide bonds. The highest BCUT2D eigenvalue weighted by molar-refractivity contribution is 5.82. The first-order valence-electron chi connectivity index (χ1n) is 9.34. The van der Waals surface area contributed by atoms with E-state index in [0.29, 0.717) is 24.2 Å². The lowest BCUT2D eigenvalue weighted by Crippen LogP contribution is -2.47. The molecule has 0 saturated heterocycles. The molecule has 138 valence electrons. The number of ether oxygens (including phenoxy) is 1. The van der Waals surface area contributed by atoms with Crippen molar-refractivity contribution in [2.24, 2.45) is 0 Å². The average molecular weight is 346 g/mol. The van der Waals surface area contributed by atoms with Crippen LogP contribution in [-0.2, 0) is 6.42 Å². The van der Waals surface area contributed by atoms with Gasteiger partial charge in [0.2, 0.25) is 0 Å². The second-order valence-corrected chi connectivity index (χ2v) is 8.27. The molecular weight excluding hydrogens is 316 g/mol. The number of phenols is 1. The molecule has 4 heteroatoms. The van der Waals surface area contributed by atoms with Crippen LogP contribution in [0.2, 0.25) is 0 Å². The van der Waals surface area contributed by atoms with Gasteiger partial charge in [-0.25, -0.2) is 0 Å². The summed E-state index contributed by atoms with van der Waals surface area (Å²) < 4.78 is 6.22. The molecule has 0 unspecified atom stereocenters. The second kappa shape index (κ2) is 6.33. The van der Waals surface area contributed by atoms with Gasteiger partial charge < -0.3 is 20.1 Å². The van der Waals surface area contributed by atoms with Crippen LogP contribution >= 0.6 is 0 Å². The molecule has 1 aromatic carbocycles. The zero-order chi connectivity index (χ0) is 18.4. The van der Waals surface area contributed by atoms with Crippen molar-refractivity contribution < 1.29 is 20.1 Å². The summed E-state index contributed by atoms with van der Waals surface area (Å²) in [5, 5.41) is 31.5. The highest BCUT2D eigenvalue weighted by Gasteiger charge is 2.46. The van der Waals surface area contributed by atoms with E-state index in [1.54, 1.807) is 6.92 Å². The van der Waals surface area contributed by atoms with Crippen LogP contribution in [0.25, 0.3) is 5.57 Å². The standard InChI is InChI=1S/C21H30O4/c1-5-6-7-8-13-9-16(22)19-14-12-21(4,24)18(23)11-15(14)20(2,3)25-17(19)10-13/h9-10,18,22-24H,5-8,11-12H2,1-4H3/t18-,21+/m0/s1. The fourth-order valence-corrected chi connectivity index (χ4v) is 4.07. The molecule has 3 rings (SSSR count). The number of aliphatic hydroxyl groups excluding tert-OH is 1. The van der Waals surface area contributed by atoms with Crippen molar-refractivity contribution in [2.45, 2.75) is 83.5 Å². The fraction of sp³-hybridized carbons (Fsp3) is 0.619. The van der Waals surface area contributed by atoms with Gasteiger partial charge in [-0.15, -0.1) is 0 Å². The minimum atomic E-state index is -1.20. The molecule has 0 aromatic heterocycles. The van der Waals surface area contributed by atoms with Crippen molar-refractivity contribution in [3.8, 4) is 11.5 Å². The van der Waals surface area contributed by atoms with Crippen LogP contribution in [0.15, 0.2) is 17.7 Å². The summed E-state index contributed by atoms with van der Waals surface area (Å²) in [5.41, 5.74) is 1.88. The van der Waals surface area contributed by atoms with E-state index >= 15 is 0 Å². The average Bonchev–Trinajstić information content (AvgIpc) is 2.48. The maximum atomic E-state index is 10.7. The van der Waals surface area contributed by atoms with Crippen LogP contribution in [-0.4, -0.2) is 32.6 Å². The molecule has 4 nitrogen and oxygen atoms in total. The van der Waals surface area contributed by atoms with Crippen LogP contribution in [0.4, 0.5) is 0 Å². The highest BCUT2D eigenvalue weighted by atomic mass is 16.5. The number of aryl methyl sites for hydroxylation is 1. The number of phenolic OH excluding ortho intramolecular Hbond substituents is 1. The molecule has 0 fully saturated rings. The molecule has 3 N–H and O–H groups in total. The molecule has 25 heavy (non-hydrogen) atoms. The number of aromatic hydroxyl groups is 1. The lowest BCUT2D eigenvalue weighted by molar-refractivity contribution is -0.0661. The Kier molecular flexibility index (Phi) is 4.63. The van der Waals surface area contributed by atoms with Crippen LogP contribution in [0, 0.1) is 0 Å². The van der Waals surface area contributed by atoms with Gasteiger partial charge in [-0.2, -0.15) is 0 Å². The Morgan fingerprint density at radius 1 is 1.20 bits per heavy atom. The Labute approximate surface area is 150 Å². The molecule has 1 aromatic rings. The van der Waals surface area contributed by atoms with Gasteiger partial charge in [0.1, 0.15) is 17.1 Å². The van der Waals surface area contributed by atoms with Gasteiger partial charge in [-0.3, -0.25) is 0 Å². The summed E-state index contributed by atoms with van der Waals surface area (Å²) >= 11 is 0. The summed E-state index contributed by atoms with van der Waals surface area (Å²) in [6.45, 7) is 7.80. The van der Waals surface area contributed by atoms with Crippen molar-refractivity contribution in [1.29, 1.82) is 0 Å². The lowest BCUT2D eigenvalue weighted by atomic mass is 9.71. The number of hydrogen-bond donors (Lipinski definition) is 3. The van der Waals surface area contributed by atoms with E-state index in [1.165, 1.54) is 6.42 Å². The first kappa shape index (κ1) is 18.3. The third-order valence-electron chi connectivity index (χ3n) is 5.62. The van der Waals surface area contributed by atoms with E-state index in [-0.39, 0.29) is 5.75 Å². The van der Waals surface area contributed by atoms with E-state index in [9.17, 15) is 15.3 Å². The molecule has 1 heterocycles. The van der Waals surface area contributed by atoms with E-state index in [0.717, 1.165) is 36.0 Å². The van der Waals surface area contributed by atoms with Crippen LogP contribution in [0.1, 0.15) is 70.9 Å². The van der Waals surface area contributed by atoms with Gasteiger partial charge in [0.25, 0.3) is 0 Å². The van der Waals surface area contributed by atoms with Crippen LogP contribution in [0.3, 0.4) is 0 Å².